The molecule has 0 atom stereocenters. The summed E-state index contributed by atoms with van der Waals surface area (Å²) in [6.07, 6.45) is 1.76. The van der Waals surface area contributed by atoms with Crippen molar-refractivity contribution >= 4 is 28.4 Å². The van der Waals surface area contributed by atoms with Gasteiger partial charge in [-0.2, -0.15) is 5.10 Å². The van der Waals surface area contributed by atoms with Crippen LogP contribution in [-0.4, -0.2) is 21.6 Å². The molecule has 0 unspecified atom stereocenters. The zero-order chi connectivity index (χ0) is 25.8. The van der Waals surface area contributed by atoms with E-state index in [1.807, 2.05) is 39.1 Å². The van der Waals surface area contributed by atoms with E-state index in [4.69, 9.17) is 0 Å². The first-order valence-corrected chi connectivity index (χ1v) is 11.4. The van der Waals surface area contributed by atoms with Crippen molar-refractivity contribution in [2.24, 2.45) is 7.05 Å². The molecule has 1 aromatic heterocycles. The average molecular weight is 493 g/mol. The maximum absolute atomic E-state index is 14.0. The Hall–Kier alpha value is -4.14. The minimum absolute atomic E-state index is 0.107. The van der Waals surface area contributed by atoms with Gasteiger partial charge in [0.05, 0.1) is 23.7 Å². The number of aryl methyl sites for hydroxylation is 1. The van der Waals surface area contributed by atoms with Crippen molar-refractivity contribution in [2.45, 2.75) is 32.4 Å². The number of fused-ring (bicyclic) bond motifs is 2. The number of para-hydroxylation sites is 1. The van der Waals surface area contributed by atoms with Crippen molar-refractivity contribution in [3.05, 3.63) is 94.4 Å². The van der Waals surface area contributed by atoms with Crippen molar-refractivity contribution in [1.29, 1.82) is 0 Å². The number of carbonyl (C=O) groups is 2. The summed E-state index contributed by atoms with van der Waals surface area (Å²) < 4.78 is 42.9. The van der Waals surface area contributed by atoms with Gasteiger partial charge in [0.25, 0.3) is 5.91 Å². The van der Waals surface area contributed by atoms with Crippen molar-refractivity contribution in [2.75, 3.05) is 4.90 Å². The van der Waals surface area contributed by atoms with Gasteiger partial charge < -0.3 is 10.2 Å². The lowest BCUT2D eigenvalue weighted by atomic mass is 9.86. The number of nitrogens with zero attached hydrogens (tertiary/aromatic N) is 3. The minimum Gasteiger partial charge on any atom is -0.348 e. The summed E-state index contributed by atoms with van der Waals surface area (Å²) in [5.41, 5.74) is 2.17. The molecule has 3 aromatic carbocycles. The Morgan fingerprint density at radius 2 is 1.78 bits per heavy atom. The zero-order valence-electron chi connectivity index (χ0n) is 19.9. The van der Waals surface area contributed by atoms with Crippen LogP contribution in [0.1, 0.15) is 40.9 Å². The highest BCUT2D eigenvalue weighted by Gasteiger charge is 2.44. The van der Waals surface area contributed by atoms with Crippen LogP contribution < -0.4 is 10.2 Å². The fourth-order valence-electron chi connectivity index (χ4n) is 4.77. The molecule has 9 heteroatoms. The number of hydrogen-bond donors (Lipinski definition) is 1. The van der Waals surface area contributed by atoms with E-state index in [0.717, 1.165) is 22.0 Å². The molecule has 0 bridgehead atoms. The maximum atomic E-state index is 14.0. The van der Waals surface area contributed by atoms with Crippen LogP contribution in [0.25, 0.3) is 10.9 Å². The quantitative estimate of drug-likeness (QED) is 0.438. The summed E-state index contributed by atoms with van der Waals surface area (Å²) in [7, 11) is 1.84. The predicted molar refractivity (Wildman–Crippen MR) is 129 cm³/mol. The normalized spacial score (nSPS) is 14.4. The van der Waals surface area contributed by atoms with Gasteiger partial charge in [-0.25, -0.2) is 13.2 Å². The van der Waals surface area contributed by atoms with E-state index >= 15 is 0 Å². The topological polar surface area (TPSA) is 67.2 Å². The SMILES string of the molecule is Cn1ncc2cccc(CN3C(=O)C(C)(C)c4ccc(C(=O)NCc5c(F)cc(F)cc5F)cc43)c21. The Balaban J connectivity index is 1.45. The molecule has 6 nitrogen and oxygen atoms in total. The molecular formula is C27H23F3N4O2. The molecule has 1 aliphatic heterocycles. The van der Waals surface area contributed by atoms with Gasteiger partial charge in [-0.1, -0.05) is 24.3 Å². The second-order valence-corrected chi connectivity index (χ2v) is 9.40. The summed E-state index contributed by atoms with van der Waals surface area (Å²) in [4.78, 5) is 27.9. The van der Waals surface area contributed by atoms with Crippen molar-refractivity contribution < 1.29 is 22.8 Å². The Bertz CT molecular complexity index is 1520. The first-order valence-electron chi connectivity index (χ1n) is 11.4. The lowest BCUT2D eigenvalue weighted by Gasteiger charge is -2.21. The number of nitrogens with one attached hydrogen (secondary N) is 1. The van der Waals surface area contributed by atoms with Crippen molar-refractivity contribution in [3.63, 3.8) is 0 Å². The minimum atomic E-state index is -1.08. The van der Waals surface area contributed by atoms with Gasteiger partial charge in [0.1, 0.15) is 17.5 Å². The summed E-state index contributed by atoms with van der Waals surface area (Å²) >= 11 is 0. The largest absolute Gasteiger partial charge is 0.348 e. The first-order chi connectivity index (χ1) is 17.1. The van der Waals surface area contributed by atoms with Crippen molar-refractivity contribution in [1.82, 2.24) is 15.1 Å². The Morgan fingerprint density at radius 1 is 1.06 bits per heavy atom. The van der Waals surface area contributed by atoms with Gasteiger partial charge in [-0.15, -0.1) is 0 Å². The van der Waals surface area contributed by atoms with Gasteiger partial charge >= 0.3 is 0 Å². The predicted octanol–water partition coefficient (Wildman–Crippen LogP) is 4.75. The average Bonchev–Trinajstić information content (AvgIpc) is 3.29. The molecule has 4 aromatic rings. The van der Waals surface area contributed by atoms with E-state index in [0.29, 0.717) is 17.8 Å². The number of rotatable bonds is 5. The molecule has 2 heterocycles. The highest BCUT2D eigenvalue weighted by atomic mass is 19.1. The van der Waals surface area contributed by atoms with Crippen LogP contribution >= 0.6 is 0 Å². The van der Waals surface area contributed by atoms with Crippen LogP contribution in [-0.2, 0) is 30.3 Å². The van der Waals surface area contributed by atoms with E-state index < -0.39 is 40.9 Å². The van der Waals surface area contributed by atoms with Crippen LogP contribution in [0.5, 0.6) is 0 Å². The fourth-order valence-corrected chi connectivity index (χ4v) is 4.77. The van der Waals surface area contributed by atoms with Gasteiger partial charge in [-0.3, -0.25) is 14.3 Å². The van der Waals surface area contributed by atoms with Gasteiger partial charge in [0.15, 0.2) is 0 Å². The Morgan fingerprint density at radius 3 is 2.50 bits per heavy atom. The molecule has 0 fully saturated rings. The standard InChI is InChI=1S/C27H23F3N4O2/c1-27(2)20-8-7-15(25(35)31-13-19-21(29)10-18(28)11-22(19)30)9-23(20)34(26(27)36)14-17-6-4-5-16-12-32-33(3)24(16)17/h4-12H,13-14H2,1-3H3,(H,31,35). The molecule has 0 saturated carbocycles. The number of halogens is 3. The van der Waals surface area contributed by atoms with Gasteiger partial charge in [0, 0.05) is 47.9 Å². The van der Waals surface area contributed by atoms with E-state index in [2.05, 4.69) is 10.4 Å². The molecule has 5 rings (SSSR count). The second-order valence-electron chi connectivity index (χ2n) is 9.40. The molecule has 0 aliphatic carbocycles. The number of benzene rings is 3. The van der Waals surface area contributed by atoms with Crippen LogP contribution in [0.4, 0.5) is 18.9 Å². The smallest absolute Gasteiger partial charge is 0.251 e. The molecule has 0 spiro atoms. The first kappa shape index (κ1) is 23.6. The number of amides is 2. The third-order valence-electron chi connectivity index (χ3n) is 6.71. The van der Waals surface area contributed by atoms with Gasteiger partial charge in [-0.05, 0) is 37.1 Å². The summed E-state index contributed by atoms with van der Waals surface area (Å²) in [6, 6.07) is 11.8. The molecule has 0 saturated heterocycles. The number of carbonyl (C=O) groups excluding carboxylic acids is 2. The molecular weight excluding hydrogens is 469 g/mol. The van der Waals surface area contributed by atoms with Crippen LogP contribution in [0.15, 0.2) is 54.7 Å². The monoisotopic (exact) mass is 492 g/mol. The van der Waals surface area contributed by atoms with Crippen LogP contribution in [0, 0.1) is 17.5 Å². The molecule has 1 N–H and O–H groups in total. The number of anilines is 1. The van der Waals surface area contributed by atoms with Crippen LogP contribution in [0.2, 0.25) is 0 Å². The molecule has 2 amide bonds. The lowest BCUT2D eigenvalue weighted by molar-refractivity contribution is -0.122. The fraction of sp³-hybridized carbons (Fsp3) is 0.222. The van der Waals surface area contributed by atoms with E-state index in [9.17, 15) is 22.8 Å². The van der Waals surface area contributed by atoms with E-state index in [-0.39, 0.29) is 18.0 Å². The number of aromatic nitrogens is 2. The Labute approximate surface area is 205 Å². The molecule has 184 valence electrons. The molecule has 1 aliphatic rings. The third kappa shape index (κ3) is 3.80. The highest BCUT2D eigenvalue weighted by Crippen LogP contribution is 2.43. The lowest BCUT2D eigenvalue weighted by Crippen LogP contribution is -2.35. The third-order valence-corrected chi connectivity index (χ3v) is 6.71. The van der Waals surface area contributed by atoms with E-state index in [1.165, 1.54) is 0 Å². The highest BCUT2D eigenvalue weighted by molar-refractivity contribution is 6.09. The second kappa shape index (κ2) is 8.51. The van der Waals surface area contributed by atoms with Crippen LogP contribution in [0.3, 0.4) is 0 Å². The van der Waals surface area contributed by atoms with E-state index in [1.54, 1.807) is 34.0 Å². The maximum Gasteiger partial charge on any atom is 0.251 e. The van der Waals surface area contributed by atoms with Crippen molar-refractivity contribution in [3.8, 4) is 0 Å². The summed E-state index contributed by atoms with van der Waals surface area (Å²) in [6.45, 7) is 3.49. The van der Waals surface area contributed by atoms with Gasteiger partial charge in [0.2, 0.25) is 5.91 Å². The summed E-state index contributed by atoms with van der Waals surface area (Å²) in [5, 5.41) is 7.74. The summed E-state index contributed by atoms with van der Waals surface area (Å²) in [5.74, 6) is -3.88. The zero-order valence-corrected chi connectivity index (χ0v) is 19.9. The molecule has 36 heavy (non-hydrogen) atoms. The Kier molecular flexibility index (Phi) is 5.58. The number of hydrogen-bond acceptors (Lipinski definition) is 3. The molecule has 0 radical (unpaired) electrons.